The molecule has 27 heavy (non-hydrogen) atoms. The number of carbonyl (C=O) groups is 1. The summed E-state index contributed by atoms with van der Waals surface area (Å²) in [7, 11) is 0. The average Bonchev–Trinajstić information content (AvgIpc) is 2.74. The van der Waals surface area contributed by atoms with Crippen molar-refractivity contribution in [1.29, 1.82) is 0 Å². The van der Waals surface area contributed by atoms with E-state index in [2.05, 4.69) is 10.2 Å². The molecule has 1 saturated heterocycles. The third kappa shape index (κ3) is 3.36. The first-order valence-electron chi connectivity index (χ1n) is 9.15. The highest BCUT2D eigenvalue weighted by molar-refractivity contribution is 6.04. The van der Waals surface area contributed by atoms with Crippen LogP contribution in [-0.4, -0.2) is 39.2 Å². The van der Waals surface area contributed by atoms with E-state index < -0.39 is 6.10 Å². The van der Waals surface area contributed by atoms with Crippen molar-refractivity contribution in [2.45, 2.75) is 18.9 Å². The number of H-pyrrole nitrogens is 1. The Kier molecular flexibility index (Phi) is 4.73. The van der Waals surface area contributed by atoms with Crippen LogP contribution in [0.4, 0.5) is 0 Å². The summed E-state index contributed by atoms with van der Waals surface area (Å²) < 4.78 is 0. The van der Waals surface area contributed by atoms with E-state index in [0.717, 1.165) is 18.4 Å². The van der Waals surface area contributed by atoms with Gasteiger partial charge in [0.15, 0.2) is 5.69 Å². The van der Waals surface area contributed by atoms with Crippen molar-refractivity contribution in [3.63, 3.8) is 0 Å². The van der Waals surface area contributed by atoms with Crippen molar-refractivity contribution in [2.75, 3.05) is 13.1 Å². The third-order valence-electron chi connectivity index (χ3n) is 5.31. The highest BCUT2D eigenvalue weighted by Gasteiger charge is 2.29. The van der Waals surface area contributed by atoms with Crippen LogP contribution in [0.25, 0.3) is 10.8 Å². The topological polar surface area (TPSA) is 86.3 Å². The zero-order chi connectivity index (χ0) is 18.8. The van der Waals surface area contributed by atoms with Gasteiger partial charge < -0.3 is 10.0 Å². The summed E-state index contributed by atoms with van der Waals surface area (Å²) in [5, 5.41) is 18.1. The number of rotatable bonds is 3. The Hall–Kier alpha value is -2.99. The smallest absolute Gasteiger partial charge is 0.274 e. The van der Waals surface area contributed by atoms with Crippen molar-refractivity contribution in [2.24, 2.45) is 5.92 Å². The number of aliphatic hydroxyl groups excluding tert-OH is 1. The van der Waals surface area contributed by atoms with Crippen molar-refractivity contribution >= 4 is 16.7 Å². The molecule has 4 rings (SSSR count). The Morgan fingerprint density at radius 2 is 1.67 bits per heavy atom. The maximum atomic E-state index is 13.0. The summed E-state index contributed by atoms with van der Waals surface area (Å²) in [5.74, 6) is -0.0631. The van der Waals surface area contributed by atoms with Gasteiger partial charge in [-0.15, -0.1) is 0 Å². The molecule has 3 aromatic rings. The fourth-order valence-electron chi connectivity index (χ4n) is 3.77. The molecule has 1 amide bonds. The van der Waals surface area contributed by atoms with E-state index >= 15 is 0 Å². The number of hydrogen-bond acceptors (Lipinski definition) is 4. The van der Waals surface area contributed by atoms with E-state index in [1.807, 2.05) is 30.3 Å². The second-order valence-electron chi connectivity index (χ2n) is 6.93. The maximum absolute atomic E-state index is 13.0. The van der Waals surface area contributed by atoms with Gasteiger partial charge in [0.05, 0.1) is 11.5 Å². The Morgan fingerprint density at radius 1 is 1.04 bits per heavy atom. The number of benzene rings is 2. The van der Waals surface area contributed by atoms with Gasteiger partial charge in [0.25, 0.3) is 11.5 Å². The molecule has 6 heteroatoms. The van der Waals surface area contributed by atoms with Crippen molar-refractivity contribution < 1.29 is 9.90 Å². The highest BCUT2D eigenvalue weighted by atomic mass is 16.3. The second kappa shape index (κ2) is 7.32. The van der Waals surface area contributed by atoms with E-state index in [1.54, 1.807) is 29.2 Å². The lowest BCUT2D eigenvalue weighted by atomic mass is 9.87. The summed E-state index contributed by atoms with van der Waals surface area (Å²) in [6.07, 6.45) is 0.933. The molecule has 138 valence electrons. The molecule has 0 bridgehead atoms. The van der Waals surface area contributed by atoms with Crippen LogP contribution in [0.5, 0.6) is 0 Å². The van der Waals surface area contributed by atoms with E-state index in [9.17, 15) is 14.7 Å². The number of carbonyl (C=O) groups excluding carboxylic acids is 1. The van der Waals surface area contributed by atoms with Gasteiger partial charge in [0.2, 0.25) is 0 Å². The molecule has 1 fully saturated rings. The molecule has 6 nitrogen and oxygen atoms in total. The molecule has 1 atom stereocenters. The van der Waals surface area contributed by atoms with Gasteiger partial charge in [-0.05, 0) is 30.4 Å². The lowest BCUT2D eigenvalue weighted by molar-refractivity contribution is 0.0459. The van der Waals surface area contributed by atoms with Gasteiger partial charge in [0, 0.05) is 18.5 Å². The number of nitrogens with one attached hydrogen (secondary N) is 1. The van der Waals surface area contributed by atoms with Crippen LogP contribution in [-0.2, 0) is 0 Å². The largest absolute Gasteiger partial charge is 0.388 e. The van der Waals surface area contributed by atoms with E-state index in [1.165, 1.54) is 0 Å². The van der Waals surface area contributed by atoms with Crippen LogP contribution in [0.15, 0.2) is 59.4 Å². The third-order valence-corrected chi connectivity index (χ3v) is 5.31. The van der Waals surface area contributed by atoms with Crippen molar-refractivity contribution in [1.82, 2.24) is 15.1 Å². The van der Waals surface area contributed by atoms with Crippen molar-refractivity contribution in [3.05, 3.63) is 76.2 Å². The first-order chi connectivity index (χ1) is 13.1. The van der Waals surface area contributed by atoms with Crippen LogP contribution in [0.3, 0.4) is 0 Å². The number of aromatic nitrogens is 2. The van der Waals surface area contributed by atoms with Gasteiger partial charge in [-0.1, -0.05) is 48.5 Å². The summed E-state index contributed by atoms with van der Waals surface area (Å²) in [6.45, 7) is 1.12. The summed E-state index contributed by atoms with van der Waals surface area (Å²) in [5.41, 5.74) is 0.884. The van der Waals surface area contributed by atoms with E-state index in [-0.39, 0.29) is 23.1 Å². The Labute approximate surface area is 156 Å². The SMILES string of the molecule is O=C(c1n[nH]c(=O)c2ccccc12)N1CCC(C(O)c2ccccc2)CC1. The molecule has 1 aromatic heterocycles. The molecule has 2 N–H and O–H groups in total. The van der Waals surface area contributed by atoms with E-state index in [0.29, 0.717) is 23.9 Å². The number of likely N-dealkylation sites (tertiary alicyclic amines) is 1. The molecular formula is C21H21N3O3. The van der Waals surface area contributed by atoms with Crippen LogP contribution < -0.4 is 5.56 Å². The Morgan fingerprint density at radius 3 is 2.37 bits per heavy atom. The first kappa shape index (κ1) is 17.4. The Bertz CT molecular complexity index is 1010. The average molecular weight is 363 g/mol. The summed E-state index contributed by atoms with van der Waals surface area (Å²) in [6, 6.07) is 16.6. The molecule has 2 aromatic carbocycles. The molecule has 0 spiro atoms. The number of fused-ring (bicyclic) bond motifs is 1. The van der Waals surface area contributed by atoms with Crippen LogP contribution in [0.2, 0.25) is 0 Å². The number of piperidine rings is 1. The van der Waals surface area contributed by atoms with Gasteiger partial charge in [0.1, 0.15) is 0 Å². The molecule has 0 saturated carbocycles. The fourth-order valence-corrected chi connectivity index (χ4v) is 3.77. The minimum atomic E-state index is -0.518. The van der Waals surface area contributed by atoms with Crippen LogP contribution >= 0.6 is 0 Å². The summed E-state index contributed by atoms with van der Waals surface area (Å²) >= 11 is 0. The van der Waals surface area contributed by atoms with Gasteiger partial charge >= 0.3 is 0 Å². The highest BCUT2D eigenvalue weighted by Crippen LogP contribution is 2.31. The molecule has 1 unspecified atom stereocenters. The predicted octanol–water partition coefficient (Wildman–Crippen LogP) is 2.51. The molecule has 1 aliphatic rings. The monoisotopic (exact) mass is 363 g/mol. The number of amides is 1. The molecule has 2 heterocycles. The number of aliphatic hydroxyl groups is 1. The molecular weight excluding hydrogens is 342 g/mol. The van der Waals surface area contributed by atoms with Crippen LogP contribution in [0, 0.1) is 5.92 Å². The number of aromatic amines is 1. The van der Waals surface area contributed by atoms with Crippen molar-refractivity contribution in [3.8, 4) is 0 Å². The first-order valence-corrected chi connectivity index (χ1v) is 9.15. The normalized spacial score (nSPS) is 16.4. The minimum Gasteiger partial charge on any atom is -0.388 e. The zero-order valence-electron chi connectivity index (χ0n) is 14.8. The van der Waals surface area contributed by atoms with Crippen LogP contribution in [0.1, 0.15) is 35.0 Å². The second-order valence-corrected chi connectivity index (χ2v) is 6.93. The number of hydrogen-bond donors (Lipinski definition) is 2. The van der Waals surface area contributed by atoms with Gasteiger partial charge in [-0.3, -0.25) is 9.59 Å². The lowest BCUT2D eigenvalue weighted by Crippen LogP contribution is -2.40. The number of nitrogens with zero attached hydrogens (tertiary/aromatic N) is 2. The quantitative estimate of drug-likeness (QED) is 0.749. The lowest BCUT2D eigenvalue weighted by Gasteiger charge is -2.34. The predicted molar refractivity (Wildman–Crippen MR) is 102 cm³/mol. The maximum Gasteiger partial charge on any atom is 0.274 e. The van der Waals surface area contributed by atoms with Gasteiger partial charge in [-0.25, -0.2) is 5.10 Å². The molecule has 0 aliphatic carbocycles. The van der Waals surface area contributed by atoms with Gasteiger partial charge in [-0.2, -0.15) is 5.10 Å². The fraction of sp³-hybridized carbons (Fsp3) is 0.286. The molecule has 0 radical (unpaired) electrons. The van der Waals surface area contributed by atoms with E-state index in [4.69, 9.17) is 0 Å². The molecule has 1 aliphatic heterocycles. The summed E-state index contributed by atoms with van der Waals surface area (Å²) in [4.78, 5) is 26.6. The minimum absolute atomic E-state index is 0.122. The zero-order valence-corrected chi connectivity index (χ0v) is 14.8. The standard InChI is InChI=1S/C21H21N3O3/c25-19(14-6-2-1-3-7-14)15-10-12-24(13-11-15)21(27)18-16-8-4-5-9-17(16)20(26)23-22-18/h1-9,15,19,25H,10-13H2,(H,23,26). The Balaban J connectivity index is 1.50.